The molecule has 2 amide bonds. The van der Waals surface area contributed by atoms with Crippen molar-refractivity contribution in [2.75, 3.05) is 19.0 Å². The number of rotatable bonds is 7. The zero-order valence-corrected chi connectivity index (χ0v) is 17.0. The van der Waals surface area contributed by atoms with E-state index in [1.807, 2.05) is 19.1 Å². The molecule has 0 atom stereocenters. The molecule has 0 aliphatic heterocycles. The van der Waals surface area contributed by atoms with E-state index in [1.165, 1.54) is 7.11 Å². The molecule has 10 heteroatoms. The van der Waals surface area contributed by atoms with E-state index in [1.54, 1.807) is 36.0 Å². The van der Waals surface area contributed by atoms with Crippen LogP contribution in [-0.4, -0.2) is 40.0 Å². The van der Waals surface area contributed by atoms with Gasteiger partial charge < -0.3 is 20.1 Å². The summed E-state index contributed by atoms with van der Waals surface area (Å²) in [5, 5.41) is 17.4. The van der Waals surface area contributed by atoms with Crippen molar-refractivity contribution in [2.45, 2.75) is 13.5 Å². The number of nitrogens with zero attached hydrogens (tertiary/aromatic N) is 4. The Kier molecular flexibility index (Phi) is 6.50. The smallest absolute Gasteiger partial charge is 0.319 e. The first-order valence-electron chi connectivity index (χ1n) is 8.88. The van der Waals surface area contributed by atoms with Gasteiger partial charge in [0.25, 0.3) is 0 Å². The quantitative estimate of drug-likeness (QED) is 0.612. The first-order chi connectivity index (χ1) is 14.0. The zero-order chi connectivity index (χ0) is 20.8. The number of nitrogens with one attached hydrogen (secondary N) is 2. The summed E-state index contributed by atoms with van der Waals surface area (Å²) in [4.78, 5) is 12.3. The highest BCUT2D eigenvalue weighted by atomic mass is 35.5. The Morgan fingerprint density at radius 3 is 2.79 bits per heavy atom. The average molecular weight is 417 g/mol. The lowest BCUT2D eigenvalue weighted by Crippen LogP contribution is -2.28. The summed E-state index contributed by atoms with van der Waals surface area (Å²) in [6.07, 6.45) is 0. The molecule has 0 fully saturated rings. The molecule has 29 heavy (non-hydrogen) atoms. The minimum absolute atomic E-state index is 0.265. The van der Waals surface area contributed by atoms with Gasteiger partial charge in [-0.05, 0) is 47.2 Å². The number of hydrogen-bond acceptors (Lipinski definition) is 6. The van der Waals surface area contributed by atoms with Gasteiger partial charge in [-0.25, -0.2) is 9.48 Å². The van der Waals surface area contributed by atoms with Crippen LogP contribution in [0.5, 0.6) is 11.5 Å². The minimum Gasteiger partial charge on any atom is -0.493 e. The fraction of sp³-hybridized carbons (Fsp3) is 0.263. The molecule has 0 saturated heterocycles. The number of urea groups is 1. The number of methoxy groups -OCH3 is 1. The van der Waals surface area contributed by atoms with E-state index in [4.69, 9.17) is 21.1 Å². The summed E-state index contributed by atoms with van der Waals surface area (Å²) < 4.78 is 12.4. The normalized spacial score (nSPS) is 10.5. The summed E-state index contributed by atoms with van der Waals surface area (Å²) in [5.41, 5.74) is 2.19. The third-order valence-electron chi connectivity index (χ3n) is 4.03. The van der Waals surface area contributed by atoms with Gasteiger partial charge >= 0.3 is 6.03 Å². The Morgan fingerprint density at radius 1 is 1.28 bits per heavy atom. The molecule has 2 N–H and O–H groups in total. The number of carbonyl (C=O) groups excluding carboxylic acids is 1. The molecule has 0 spiro atoms. The maximum atomic E-state index is 12.3. The van der Waals surface area contributed by atoms with E-state index in [2.05, 4.69) is 26.2 Å². The maximum Gasteiger partial charge on any atom is 0.319 e. The third kappa shape index (κ3) is 4.94. The van der Waals surface area contributed by atoms with Crippen molar-refractivity contribution in [2.24, 2.45) is 7.05 Å². The van der Waals surface area contributed by atoms with Crippen LogP contribution in [0.3, 0.4) is 0 Å². The van der Waals surface area contributed by atoms with Crippen LogP contribution in [0.4, 0.5) is 10.5 Å². The Morgan fingerprint density at radius 2 is 2.10 bits per heavy atom. The van der Waals surface area contributed by atoms with Crippen molar-refractivity contribution in [3.05, 3.63) is 47.0 Å². The van der Waals surface area contributed by atoms with E-state index in [0.717, 1.165) is 11.1 Å². The molecule has 0 bridgehead atoms. The van der Waals surface area contributed by atoms with Gasteiger partial charge in [0.2, 0.25) is 0 Å². The number of halogens is 1. The van der Waals surface area contributed by atoms with Gasteiger partial charge in [0.05, 0.1) is 18.7 Å². The highest BCUT2D eigenvalue weighted by Crippen LogP contribution is 2.36. The van der Waals surface area contributed by atoms with Gasteiger partial charge in [0.1, 0.15) is 0 Å². The molecule has 9 nitrogen and oxygen atoms in total. The number of hydrogen-bond donors (Lipinski definition) is 2. The number of benzene rings is 2. The monoisotopic (exact) mass is 416 g/mol. The summed E-state index contributed by atoms with van der Waals surface area (Å²) in [6.45, 7) is 2.60. The van der Waals surface area contributed by atoms with Crippen molar-refractivity contribution >= 4 is 23.3 Å². The lowest BCUT2D eigenvalue weighted by atomic mass is 10.2. The van der Waals surface area contributed by atoms with Crippen molar-refractivity contribution in [3.8, 4) is 22.9 Å². The van der Waals surface area contributed by atoms with Crippen molar-refractivity contribution in [3.63, 3.8) is 0 Å². The van der Waals surface area contributed by atoms with Gasteiger partial charge in [-0.1, -0.05) is 23.7 Å². The number of anilines is 1. The molecule has 1 heterocycles. The Hall–Kier alpha value is -3.33. The summed E-state index contributed by atoms with van der Waals surface area (Å²) in [5.74, 6) is 1.60. The molecule has 0 radical (unpaired) electrons. The van der Waals surface area contributed by atoms with Gasteiger partial charge in [0, 0.05) is 24.8 Å². The number of aromatic nitrogens is 4. The summed E-state index contributed by atoms with van der Waals surface area (Å²) in [7, 11) is 3.29. The van der Waals surface area contributed by atoms with Crippen LogP contribution < -0.4 is 20.1 Å². The molecule has 1 aromatic heterocycles. The van der Waals surface area contributed by atoms with Crippen molar-refractivity contribution in [1.82, 2.24) is 25.5 Å². The van der Waals surface area contributed by atoms with Crippen molar-refractivity contribution < 1.29 is 14.3 Å². The Labute approximate surface area is 173 Å². The maximum absolute atomic E-state index is 12.3. The fourth-order valence-electron chi connectivity index (χ4n) is 2.73. The van der Waals surface area contributed by atoms with Gasteiger partial charge in [-0.15, -0.1) is 5.10 Å². The molecule has 3 aromatic rings. The summed E-state index contributed by atoms with van der Waals surface area (Å²) in [6, 6.07) is 10.4. The molecule has 2 aromatic carbocycles. The number of amides is 2. The van der Waals surface area contributed by atoms with Crippen LogP contribution in [-0.2, 0) is 13.6 Å². The molecule has 0 aliphatic carbocycles. The van der Waals surface area contributed by atoms with E-state index in [-0.39, 0.29) is 12.6 Å². The van der Waals surface area contributed by atoms with Crippen LogP contribution in [0.15, 0.2) is 36.4 Å². The molecule has 0 saturated carbocycles. The Balaban J connectivity index is 1.65. The number of aryl methyl sites for hydroxylation is 1. The molecular formula is C19H21ClN6O3. The van der Waals surface area contributed by atoms with Crippen LogP contribution >= 0.6 is 11.6 Å². The molecule has 0 aliphatic rings. The standard InChI is InChI=1S/C19H21ClN6O3/c1-4-29-17-15(20)8-12(9-16(17)28-3)11-21-19(27)22-14-7-5-6-13(10-14)18-23-24-25-26(18)2/h5-10H,4,11H2,1-3H3,(H2,21,22,27). The lowest BCUT2D eigenvalue weighted by molar-refractivity contribution is 0.251. The SMILES string of the molecule is CCOc1c(Cl)cc(CNC(=O)Nc2cccc(-c3nnnn3C)c2)cc1OC. The van der Waals surface area contributed by atoms with Crippen molar-refractivity contribution in [1.29, 1.82) is 0 Å². The highest BCUT2D eigenvalue weighted by Gasteiger charge is 2.13. The first kappa shape index (κ1) is 20.4. The second-order valence-electron chi connectivity index (χ2n) is 6.06. The van der Waals surface area contributed by atoms with E-state index < -0.39 is 0 Å². The third-order valence-corrected chi connectivity index (χ3v) is 4.31. The van der Waals surface area contributed by atoms with Crippen LogP contribution in [0.25, 0.3) is 11.4 Å². The van der Waals surface area contributed by atoms with Gasteiger partial charge in [0.15, 0.2) is 17.3 Å². The van der Waals surface area contributed by atoms with Gasteiger partial charge in [-0.2, -0.15) is 0 Å². The predicted molar refractivity (Wildman–Crippen MR) is 109 cm³/mol. The highest BCUT2D eigenvalue weighted by molar-refractivity contribution is 6.32. The lowest BCUT2D eigenvalue weighted by Gasteiger charge is -2.14. The molecule has 3 rings (SSSR count). The summed E-state index contributed by atoms with van der Waals surface area (Å²) >= 11 is 6.26. The topological polar surface area (TPSA) is 103 Å². The predicted octanol–water partition coefficient (Wildman–Crippen LogP) is 3.26. The number of tetrazole rings is 1. The van der Waals surface area contributed by atoms with Crippen LogP contribution in [0.1, 0.15) is 12.5 Å². The molecule has 152 valence electrons. The Bertz CT molecular complexity index is 1010. The second-order valence-corrected chi connectivity index (χ2v) is 6.46. The average Bonchev–Trinajstić information content (AvgIpc) is 3.14. The largest absolute Gasteiger partial charge is 0.493 e. The minimum atomic E-state index is -0.359. The zero-order valence-electron chi connectivity index (χ0n) is 16.3. The molecular weight excluding hydrogens is 396 g/mol. The van der Waals surface area contributed by atoms with E-state index in [0.29, 0.717) is 34.6 Å². The number of ether oxygens (including phenoxy) is 2. The van der Waals surface area contributed by atoms with E-state index in [9.17, 15) is 4.79 Å². The van der Waals surface area contributed by atoms with Gasteiger partial charge in [-0.3, -0.25) is 0 Å². The molecule has 0 unspecified atom stereocenters. The van der Waals surface area contributed by atoms with E-state index >= 15 is 0 Å². The van der Waals surface area contributed by atoms with Crippen LogP contribution in [0, 0.1) is 0 Å². The fourth-order valence-corrected chi connectivity index (χ4v) is 3.02. The first-order valence-corrected chi connectivity index (χ1v) is 9.26. The number of carbonyl (C=O) groups is 1. The second kappa shape index (κ2) is 9.24. The van der Waals surface area contributed by atoms with Crippen LogP contribution in [0.2, 0.25) is 5.02 Å².